The SMILES string of the molecule is COc1cc(C(=O)N[C@@H](C)c2ccncc2)ccc1C. The van der Waals surface area contributed by atoms with Crippen LogP contribution in [0.1, 0.15) is 34.5 Å². The van der Waals surface area contributed by atoms with Crippen LogP contribution in [-0.2, 0) is 0 Å². The van der Waals surface area contributed by atoms with Crippen LogP contribution in [-0.4, -0.2) is 18.0 Å². The molecular formula is C16H18N2O2. The summed E-state index contributed by atoms with van der Waals surface area (Å²) < 4.78 is 5.24. The van der Waals surface area contributed by atoms with Gasteiger partial charge in [0, 0.05) is 18.0 Å². The van der Waals surface area contributed by atoms with E-state index >= 15 is 0 Å². The van der Waals surface area contributed by atoms with Gasteiger partial charge in [0.1, 0.15) is 5.75 Å². The third-order valence-corrected chi connectivity index (χ3v) is 3.22. The summed E-state index contributed by atoms with van der Waals surface area (Å²) in [5.74, 6) is 0.599. The van der Waals surface area contributed by atoms with Gasteiger partial charge in [0.15, 0.2) is 0 Å². The molecule has 0 unspecified atom stereocenters. The molecule has 1 amide bonds. The lowest BCUT2D eigenvalue weighted by atomic mass is 10.1. The minimum Gasteiger partial charge on any atom is -0.496 e. The molecule has 0 aliphatic heterocycles. The summed E-state index contributed by atoms with van der Waals surface area (Å²) in [5, 5.41) is 2.96. The average Bonchev–Trinajstić information content (AvgIpc) is 2.48. The summed E-state index contributed by atoms with van der Waals surface area (Å²) in [5.41, 5.74) is 2.62. The fraction of sp³-hybridized carbons (Fsp3) is 0.250. The molecule has 1 heterocycles. The van der Waals surface area contributed by atoms with Gasteiger partial charge in [-0.25, -0.2) is 0 Å². The summed E-state index contributed by atoms with van der Waals surface area (Å²) in [6, 6.07) is 9.14. The Bertz CT molecular complexity index is 597. The Balaban J connectivity index is 2.12. The first-order valence-corrected chi connectivity index (χ1v) is 6.47. The van der Waals surface area contributed by atoms with E-state index in [4.69, 9.17) is 4.74 Å². The van der Waals surface area contributed by atoms with Crippen molar-refractivity contribution in [2.45, 2.75) is 19.9 Å². The molecule has 1 N–H and O–H groups in total. The number of rotatable bonds is 4. The van der Waals surface area contributed by atoms with E-state index < -0.39 is 0 Å². The summed E-state index contributed by atoms with van der Waals surface area (Å²) in [6.07, 6.45) is 3.43. The summed E-state index contributed by atoms with van der Waals surface area (Å²) in [6.45, 7) is 3.89. The van der Waals surface area contributed by atoms with Crippen LogP contribution in [0, 0.1) is 6.92 Å². The van der Waals surface area contributed by atoms with Gasteiger partial charge in [0.2, 0.25) is 0 Å². The van der Waals surface area contributed by atoms with Gasteiger partial charge < -0.3 is 10.1 Å². The molecule has 0 spiro atoms. The Hall–Kier alpha value is -2.36. The molecule has 2 aromatic rings. The lowest BCUT2D eigenvalue weighted by molar-refractivity contribution is 0.0939. The van der Waals surface area contributed by atoms with Crippen molar-refractivity contribution in [2.75, 3.05) is 7.11 Å². The number of hydrogen-bond acceptors (Lipinski definition) is 3. The van der Waals surface area contributed by atoms with Crippen molar-refractivity contribution < 1.29 is 9.53 Å². The second-order valence-electron chi connectivity index (χ2n) is 4.66. The van der Waals surface area contributed by atoms with Crippen LogP contribution in [0.15, 0.2) is 42.7 Å². The van der Waals surface area contributed by atoms with E-state index in [-0.39, 0.29) is 11.9 Å². The Morgan fingerprint density at radius 2 is 1.95 bits per heavy atom. The Morgan fingerprint density at radius 1 is 1.25 bits per heavy atom. The highest BCUT2D eigenvalue weighted by Crippen LogP contribution is 2.19. The van der Waals surface area contributed by atoms with Gasteiger partial charge >= 0.3 is 0 Å². The van der Waals surface area contributed by atoms with Crippen molar-refractivity contribution in [1.82, 2.24) is 10.3 Å². The molecule has 20 heavy (non-hydrogen) atoms. The van der Waals surface area contributed by atoms with Crippen LogP contribution in [0.2, 0.25) is 0 Å². The van der Waals surface area contributed by atoms with E-state index in [0.717, 1.165) is 11.1 Å². The number of methoxy groups -OCH3 is 1. The molecule has 1 aromatic carbocycles. The van der Waals surface area contributed by atoms with Crippen molar-refractivity contribution in [3.8, 4) is 5.75 Å². The molecule has 2 rings (SSSR count). The van der Waals surface area contributed by atoms with Crippen molar-refractivity contribution in [3.63, 3.8) is 0 Å². The maximum Gasteiger partial charge on any atom is 0.251 e. The van der Waals surface area contributed by atoms with E-state index in [1.165, 1.54) is 0 Å². The molecule has 104 valence electrons. The van der Waals surface area contributed by atoms with Crippen molar-refractivity contribution in [1.29, 1.82) is 0 Å². The van der Waals surface area contributed by atoms with Gasteiger partial charge in [-0.15, -0.1) is 0 Å². The lowest BCUT2D eigenvalue weighted by Crippen LogP contribution is -2.26. The molecule has 4 heteroatoms. The quantitative estimate of drug-likeness (QED) is 0.929. The van der Waals surface area contributed by atoms with Gasteiger partial charge in [-0.05, 0) is 49.2 Å². The minimum absolute atomic E-state index is 0.0715. The molecule has 0 saturated heterocycles. The van der Waals surface area contributed by atoms with Crippen LogP contribution in [0.5, 0.6) is 5.75 Å². The topological polar surface area (TPSA) is 51.2 Å². The third-order valence-electron chi connectivity index (χ3n) is 3.22. The summed E-state index contributed by atoms with van der Waals surface area (Å²) in [7, 11) is 1.60. The zero-order valence-corrected chi connectivity index (χ0v) is 11.9. The molecule has 0 bridgehead atoms. The van der Waals surface area contributed by atoms with E-state index in [1.807, 2.05) is 32.0 Å². The Morgan fingerprint density at radius 3 is 2.60 bits per heavy atom. The molecule has 1 atom stereocenters. The molecule has 0 fully saturated rings. The van der Waals surface area contributed by atoms with Crippen molar-refractivity contribution in [3.05, 3.63) is 59.4 Å². The number of ether oxygens (including phenoxy) is 1. The molecule has 1 aromatic heterocycles. The van der Waals surface area contributed by atoms with Crippen molar-refractivity contribution in [2.24, 2.45) is 0 Å². The van der Waals surface area contributed by atoms with E-state index in [2.05, 4.69) is 10.3 Å². The number of carbonyl (C=O) groups excluding carboxylic acids is 1. The maximum absolute atomic E-state index is 12.2. The number of amides is 1. The number of benzene rings is 1. The fourth-order valence-electron chi connectivity index (χ4n) is 1.98. The monoisotopic (exact) mass is 270 g/mol. The van der Waals surface area contributed by atoms with Crippen LogP contribution in [0.3, 0.4) is 0 Å². The number of carbonyl (C=O) groups is 1. The predicted octanol–water partition coefficient (Wildman–Crippen LogP) is 2.89. The molecule has 0 aliphatic carbocycles. The van der Waals surface area contributed by atoms with Crippen molar-refractivity contribution >= 4 is 5.91 Å². The maximum atomic E-state index is 12.2. The van der Waals surface area contributed by atoms with Crippen LogP contribution < -0.4 is 10.1 Å². The highest BCUT2D eigenvalue weighted by atomic mass is 16.5. The van der Waals surface area contributed by atoms with E-state index in [1.54, 1.807) is 31.6 Å². The fourth-order valence-corrected chi connectivity index (χ4v) is 1.98. The first-order chi connectivity index (χ1) is 9.61. The standard InChI is InChI=1S/C16H18N2O2/c1-11-4-5-14(10-15(11)20-3)16(19)18-12(2)13-6-8-17-9-7-13/h4-10,12H,1-3H3,(H,18,19)/t12-/m0/s1. The highest BCUT2D eigenvalue weighted by molar-refractivity contribution is 5.95. The third kappa shape index (κ3) is 3.15. The number of nitrogens with one attached hydrogen (secondary N) is 1. The summed E-state index contributed by atoms with van der Waals surface area (Å²) >= 11 is 0. The number of aromatic nitrogens is 1. The number of aryl methyl sites for hydroxylation is 1. The number of pyridine rings is 1. The molecule has 0 aliphatic rings. The van der Waals surface area contributed by atoms with Crippen LogP contribution in [0.25, 0.3) is 0 Å². The second-order valence-corrected chi connectivity index (χ2v) is 4.66. The first kappa shape index (κ1) is 14.1. The second kappa shape index (κ2) is 6.19. The normalized spacial score (nSPS) is 11.8. The zero-order valence-electron chi connectivity index (χ0n) is 11.9. The minimum atomic E-state index is -0.118. The molecular weight excluding hydrogens is 252 g/mol. The molecule has 0 radical (unpaired) electrons. The number of nitrogens with zero attached hydrogens (tertiary/aromatic N) is 1. The molecule has 4 nitrogen and oxygen atoms in total. The van der Waals surface area contributed by atoms with Gasteiger partial charge in [0.05, 0.1) is 13.2 Å². The highest BCUT2D eigenvalue weighted by Gasteiger charge is 2.12. The van der Waals surface area contributed by atoms with Gasteiger partial charge in [-0.2, -0.15) is 0 Å². The van der Waals surface area contributed by atoms with Crippen LogP contribution >= 0.6 is 0 Å². The van der Waals surface area contributed by atoms with Gasteiger partial charge in [0.25, 0.3) is 5.91 Å². The van der Waals surface area contributed by atoms with E-state index in [0.29, 0.717) is 11.3 Å². The van der Waals surface area contributed by atoms with E-state index in [9.17, 15) is 4.79 Å². The molecule has 0 saturated carbocycles. The van der Waals surface area contributed by atoms with Gasteiger partial charge in [-0.1, -0.05) is 6.07 Å². The number of hydrogen-bond donors (Lipinski definition) is 1. The largest absolute Gasteiger partial charge is 0.496 e. The smallest absolute Gasteiger partial charge is 0.251 e. The lowest BCUT2D eigenvalue weighted by Gasteiger charge is -2.15. The predicted molar refractivity (Wildman–Crippen MR) is 77.8 cm³/mol. The zero-order chi connectivity index (χ0) is 14.5. The Kier molecular flexibility index (Phi) is 4.35. The first-order valence-electron chi connectivity index (χ1n) is 6.47. The summed E-state index contributed by atoms with van der Waals surface area (Å²) in [4.78, 5) is 16.2. The average molecular weight is 270 g/mol. The van der Waals surface area contributed by atoms with Crippen LogP contribution in [0.4, 0.5) is 0 Å². The Labute approximate surface area is 118 Å². The van der Waals surface area contributed by atoms with Gasteiger partial charge in [-0.3, -0.25) is 9.78 Å².